The zero-order valence-electron chi connectivity index (χ0n) is 16.0. The molecule has 3 rings (SSSR count). The third kappa shape index (κ3) is 5.00. The van der Waals surface area contributed by atoms with Crippen LogP contribution < -0.4 is 14.8 Å². The maximum Gasteiger partial charge on any atom is 0.211 e. The van der Waals surface area contributed by atoms with E-state index in [9.17, 15) is 9.59 Å². The first-order valence-electron chi connectivity index (χ1n) is 9.44. The molecule has 2 aromatic rings. The maximum atomic E-state index is 13.0. The van der Waals surface area contributed by atoms with E-state index < -0.39 is 0 Å². The number of carbonyl (C=O) groups is 2. The van der Waals surface area contributed by atoms with Gasteiger partial charge in [-0.05, 0) is 49.8 Å². The quantitative estimate of drug-likeness (QED) is 0.436. The van der Waals surface area contributed by atoms with Crippen molar-refractivity contribution in [3.8, 4) is 11.5 Å². The van der Waals surface area contributed by atoms with Gasteiger partial charge in [-0.3, -0.25) is 14.6 Å². The number of ketones is 1. The highest BCUT2D eigenvalue weighted by Crippen LogP contribution is 2.41. The van der Waals surface area contributed by atoms with E-state index in [0.717, 1.165) is 25.7 Å². The Morgan fingerprint density at radius 2 is 1.93 bits per heavy atom. The molecule has 1 aliphatic rings. The van der Waals surface area contributed by atoms with E-state index in [0.29, 0.717) is 51.2 Å². The van der Waals surface area contributed by atoms with E-state index in [1.54, 1.807) is 12.1 Å². The Bertz CT molecular complexity index is 878. The molecule has 0 aliphatic heterocycles. The first-order chi connectivity index (χ1) is 14.0. The molecule has 6 nitrogen and oxygen atoms in total. The molecule has 1 aromatic carbocycles. The number of carbonyl (C=O) groups excluding carboxylic acids is 2. The second-order valence-corrected chi connectivity index (χ2v) is 7.63. The highest BCUT2D eigenvalue weighted by atomic mass is 35.5. The van der Waals surface area contributed by atoms with E-state index in [1.165, 1.54) is 19.5 Å². The molecule has 0 spiro atoms. The molecular formula is C21H22Cl2N2O4. The van der Waals surface area contributed by atoms with E-state index in [2.05, 4.69) is 10.3 Å². The molecule has 0 atom stereocenters. The van der Waals surface area contributed by atoms with Crippen LogP contribution in [0.15, 0.2) is 24.5 Å². The zero-order chi connectivity index (χ0) is 20.8. The number of aromatic nitrogens is 1. The van der Waals surface area contributed by atoms with Crippen molar-refractivity contribution < 1.29 is 19.1 Å². The summed E-state index contributed by atoms with van der Waals surface area (Å²) in [5, 5.41) is 3.45. The van der Waals surface area contributed by atoms with Gasteiger partial charge in [-0.15, -0.1) is 0 Å². The largest absolute Gasteiger partial charge is 0.493 e. The number of hydrogen-bond acceptors (Lipinski definition) is 5. The summed E-state index contributed by atoms with van der Waals surface area (Å²) in [6, 6.07) is 3.31. The Morgan fingerprint density at radius 3 is 2.55 bits per heavy atom. The molecule has 1 aromatic heterocycles. The summed E-state index contributed by atoms with van der Waals surface area (Å²) in [6.45, 7) is 0. The van der Waals surface area contributed by atoms with E-state index >= 15 is 0 Å². The predicted octanol–water partition coefficient (Wildman–Crippen LogP) is 5.10. The van der Waals surface area contributed by atoms with Crippen molar-refractivity contribution in [2.75, 3.05) is 12.4 Å². The number of benzene rings is 1. The summed E-state index contributed by atoms with van der Waals surface area (Å²) in [4.78, 5) is 28.1. The summed E-state index contributed by atoms with van der Waals surface area (Å²) in [7, 11) is 1.52. The second-order valence-electron chi connectivity index (χ2n) is 6.81. The van der Waals surface area contributed by atoms with Crippen molar-refractivity contribution in [1.82, 2.24) is 4.98 Å². The summed E-state index contributed by atoms with van der Waals surface area (Å²) in [5.74, 6) is 0.688. The average molecular weight is 437 g/mol. The van der Waals surface area contributed by atoms with Crippen LogP contribution >= 0.6 is 23.2 Å². The number of hydrogen-bond donors (Lipinski definition) is 1. The highest BCUT2D eigenvalue weighted by molar-refractivity contribution is 6.35. The Labute approximate surface area is 179 Å². The number of Topliss-reactive ketones (excluding diaryl/α,β-unsaturated/α-hetero) is 1. The van der Waals surface area contributed by atoms with Crippen LogP contribution in [0.4, 0.5) is 5.69 Å². The second kappa shape index (κ2) is 9.94. The summed E-state index contributed by atoms with van der Waals surface area (Å²) in [5.41, 5.74) is 1.34. The van der Waals surface area contributed by atoms with Crippen LogP contribution in [0.2, 0.25) is 10.0 Å². The lowest BCUT2D eigenvalue weighted by molar-refractivity contribution is -0.105. The number of anilines is 1. The van der Waals surface area contributed by atoms with Crippen molar-refractivity contribution >= 4 is 41.1 Å². The van der Waals surface area contributed by atoms with Gasteiger partial charge in [0.05, 0.1) is 28.9 Å². The molecule has 0 bridgehead atoms. The molecule has 154 valence electrons. The number of amides is 1. The fraction of sp³-hybridized carbons (Fsp3) is 0.381. The molecule has 0 unspecified atom stereocenters. The lowest BCUT2D eigenvalue weighted by Crippen LogP contribution is -2.15. The molecule has 1 aliphatic carbocycles. The first kappa shape index (κ1) is 21.4. The molecular weight excluding hydrogens is 415 g/mol. The monoisotopic (exact) mass is 436 g/mol. The number of nitrogens with one attached hydrogen (secondary N) is 1. The number of ether oxygens (including phenoxy) is 2. The molecule has 8 heteroatoms. The minimum atomic E-state index is -0.169. The molecule has 0 radical (unpaired) electrons. The molecule has 1 saturated carbocycles. The number of rotatable bonds is 9. The van der Waals surface area contributed by atoms with Gasteiger partial charge < -0.3 is 14.8 Å². The van der Waals surface area contributed by atoms with Crippen molar-refractivity contribution in [2.45, 2.75) is 44.6 Å². The van der Waals surface area contributed by atoms with Gasteiger partial charge in [-0.25, -0.2) is 0 Å². The lowest BCUT2D eigenvalue weighted by Gasteiger charge is -2.20. The average Bonchev–Trinajstić information content (AvgIpc) is 3.22. The van der Waals surface area contributed by atoms with Gasteiger partial charge >= 0.3 is 0 Å². The van der Waals surface area contributed by atoms with Crippen LogP contribution in [0.3, 0.4) is 0 Å². The minimum absolute atomic E-state index is 0.0379. The van der Waals surface area contributed by atoms with Crippen molar-refractivity contribution in [3.05, 3.63) is 45.7 Å². The summed E-state index contributed by atoms with van der Waals surface area (Å²) in [6.07, 6.45) is 8.12. The number of methoxy groups -OCH3 is 1. The van der Waals surface area contributed by atoms with Gasteiger partial charge in [0.2, 0.25) is 6.41 Å². The number of halogens is 2. The van der Waals surface area contributed by atoms with E-state index in [4.69, 9.17) is 32.7 Å². The molecule has 1 amide bonds. The van der Waals surface area contributed by atoms with Gasteiger partial charge in [0.1, 0.15) is 0 Å². The van der Waals surface area contributed by atoms with E-state index in [1.807, 2.05) is 0 Å². The van der Waals surface area contributed by atoms with E-state index in [-0.39, 0.29) is 18.3 Å². The fourth-order valence-electron chi connectivity index (χ4n) is 3.50. The SMILES string of the molecule is COc1ccc(C(=O)CCc2c(Cl)cncc2Cl)c(NC=O)c1OC1CCCC1. The number of pyridine rings is 1. The number of nitrogens with zero attached hydrogens (tertiary/aromatic N) is 1. The highest BCUT2D eigenvalue weighted by Gasteiger charge is 2.24. The molecule has 1 heterocycles. The normalized spacial score (nSPS) is 13.9. The summed E-state index contributed by atoms with van der Waals surface area (Å²) >= 11 is 12.3. The topological polar surface area (TPSA) is 77.5 Å². The van der Waals surface area contributed by atoms with Crippen LogP contribution in [0.1, 0.15) is 48.0 Å². The molecule has 1 fully saturated rings. The van der Waals surface area contributed by atoms with Gasteiger partial charge in [-0.2, -0.15) is 0 Å². The fourth-order valence-corrected chi connectivity index (χ4v) is 4.05. The predicted molar refractivity (Wildman–Crippen MR) is 112 cm³/mol. The van der Waals surface area contributed by atoms with Crippen LogP contribution in [0, 0.1) is 0 Å². The van der Waals surface area contributed by atoms with Crippen LogP contribution in [0.25, 0.3) is 0 Å². The van der Waals surface area contributed by atoms with Crippen LogP contribution in [0.5, 0.6) is 11.5 Å². The molecule has 0 saturated heterocycles. The van der Waals surface area contributed by atoms with Gasteiger partial charge in [0.15, 0.2) is 17.3 Å². The van der Waals surface area contributed by atoms with Gasteiger partial charge in [0, 0.05) is 24.4 Å². The summed E-state index contributed by atoms with van der Waals surface area (Å²) < 4.78 is 11.5. The van der Waals surface area contributed by atoms with Crippen molar-refractivity contribution in [2.24, 2.45) is 0 Å². The molecule has 29 heavy (non-hydrogen) atoms. The van der Waals surface area contributed by atoms with Crippen molar-refractivity contribution in [1.29, 1.82) is 0 Å². The van der Waals surface area contributed by atoms with Crippen molar-refractivity contribution in [3.63, 3.8) is 0 Å². The van der Waals surface area contributed by atoms with Crippen LogP contribution in [-0.4, -0.2) is 30.4 Å². The maximum absolute atomic E-state index is 13.0. The minimum Gasteiger partial charge on any atom is -0.493 e. The smallest absolute Gasteiger partial charge is 0.211 e. The first-order valence-corrected chi connectivity index (χ1v) is 10.2. The van der Waals surface area contributed by atoms with Gasteiger partial charge in [-0.1, -0.05) is 23.2 Å². The third-order valence-corrected chi connectivity index (χ3v) is 5.64. The zero-order valence-corrected chi connectivity index (χ0v) is 17.6. The Hall–Kier alpha value is -2.31. The Morgan fingerprint density at radius 1 is 1.24 bits per heavy atom. The lowest BCUT2D eigenvalue weighted by atomic mass is 10.0. The molecule has 1 N–H and O–H groups in total. The Kier molecular flexibility index (Phi) is 7.34. The third-order valence-electron chi connectivity index (χ3n) is 4.99. The van der Waals surface area contributed by atoms with Gasteiger partial charge in [0.25, 0.3) is 0 Å². The standard InChI is InChI=1S/C21H22Cl2N2O4/c1-28-19-9-7-15(18(27)8-6-14-16(22)10-24-11-17(14)23)20(25-12-26)21(19)29-13-4-2-3-5-13/h7,9-13H,2-6,8H2,1H3,(H,25,26). The Balaban J connectivity index is 1.88. The van der Waals surface area contributed by atoms with Crippen LogP contribution in [-0.2, 0) is 11.2 Å².